The van der Waals surface area contributed by atoms with E-state index in [2.05, 4.69) is 0 Å². The lowest BCUT2D eigenvalue weighted by Gasteiger charge is -2.41. The zero-order chi connectivity index (χ0) is 20.5. The fourth-order valence-electron chi connectivity index (χ4n) is 5.04. The van der Waals surface area contributed by atoms with Gasteiger partial charge in [0.05, 0.1) is 18.5 Å². The monoisotopic (exact) mass is 394 g/mol. The molecule has 29 heavy (non-hydrogen) atoms. The van der Waals surface area contributed by atoms with Crippen LogP contribution in [0.15, 0.2) is 48.5 Å². The summed E-state index contributed by atoms with van der Waals surface area (Å²) < 4.78 is 13.5. The number of nitrogens with zero attached hydrogens (tertiary/aromatic N) is 2. The zero-order valence-corrected chi connectivity index (χ0v) is 17.0. The molecule has 3 atom stereocenters. The molecule has 0 spiro atoms. The lowest BCUT2D eigenvalue weighted by atomic mass is 9.86. The smallest absolute Gasteiger partial charge is 0.227 e. The molecule has 2 heterocycles. The lowest BCUT2D eigenvalue weighted by Crippen LogP contribution is -2.53. The summed E-state index contributed by atoms with van der Waals surface area (Å²) in [6.07, 6.45) is 2.15. The van der Waals surface area contributed by atoms with E-state index >= 15 is 0 Å². The Morgan fingerprint density at radius 2 is 1.86 bits per heavy atom. The van der Waals surface area contributed by atoms with Gasteiger partial charge in [-0.05, 0) is 43.0 Å². The molecule has 2 aliphatic rings. The van der Waals surface area contributed by atoms with E-state index < -0.39 is 0 Å². The van der Waals surface area contributed by atoms with E-state index in [1.807, 2.05) is 41.0 Å². The largest absolute Gasteiger partial charge is 0.337 e. The summed E-state index contributed by atoms with van der Waals surface area (Å²) in [6, 6.07) is 14.5. The summed E-state index contributed by atoms with van der Waals surface area (Å²) in [7, 11) is 0. The van der Waals surface area contributed by atoms with Gasteiger partial charge in [-0.15, -0.1) is 0 Å². The van der Waals surface area contributed by atoms with E-state index in [1.54, 1.807) is 19.1 Å². The van der Waals surface area contributed by atoms with Gasteiger partial charge in [0, 0.05) is 25.9 Å². The normalized spacial score (nSPS) is 23.8. The van der Waals surface area contributed by atoms with E-state index in [4.69, 9.17) is 0 Å². The van der Waals surface area contributed by atoms with Crippen molar-refractivity contribution in [1.82, 2.24) is 9.80 Å². The topological polar surface area (TPSA) is 40.6 Å². The van der Waals surface area contributed by atoms with Gasteiger partial charge in [0.1, 0.15) is 5.82 Å². The molecule has 152 valence electrons. The maximum Gasteiger partial charge on any atom is 0.227 e. The minimum Gasteiger partial charge on any atom is -0.337 e. The molecule has 2 aromatic rings. The molecule has 2 fully saturated rings. The standard InChI is InChI=1S/C24H27FN2O2/c1-16-5-3-6-18(13-16)14-23(29)27-15-21(19-8-10-20(25)11-9-19)24-22(27)7-4-12-26(24)17(2)28/h3,5-6,8-11,13,21-22,24H,4,7,12,14-15H2,1-2H3/t21-,22-,24-/m1/s1. The first kappa shape index (κ1) is 19.6. The van der Waals surface area contributed by atoms with Crippen molar-refractivity contribution in [2.45, 2.75) is 51.1 Å². The van der Waals surface area contributed by atoms with Crippen molar-refractivity contribution in [2.75, 3.05) is 13.1 Å². The number of fused-ring (bicyclic) bond motifs is 1. The molecule has 2 amide bonds. The van der Waals surface area contributed by atoms with Gasteiger partial charge in [-0.3, -0.25) is 9.59 Å². The molecule has 0 aromatic heterocycles. The molecule has 0 aliphatic carbocycles. The third-order valence-corrected chi connectivity index (χ3v) is 6.32. The van der Waals surface area contributed by atoms with Crippen LogP contribution in [0.2, 0.25) is 0 Å². The van der Waals surface area contributed by atoms with Gasteiger partial charge in [-0.1, -0.05) is 42.0 Å². The zero-order valence-electron chi connectivity index (χ0n) is 17.0. The highest BCUT2D eigenvalue weighted by Crippen LogP contribution is 2.40. The molecule has 2 aromatic carbocycles. The third-order valence-electron chi connectivity index (χ3n) is 6.32. The first-order valence-corrected chi connectivity index (χ1v) is 10.3. The maximum atomic E-state index is 13.5. The second-order valence-corrected chi connectivity index (χ2v) is 8.28. The Morgan fingerprint density at radius 1 is 1.10 bits per heavy atom. The van der Waals surface area contributed by atoms with Gasteiger partial charge < -0.3 is 9.80 Å². The summed E-state index contributed by atoms with van der Waals surface area (Å²) in [6.45, 7) is 4.90. The van der Waals surface area contributed by atoms with Crippen LogP contribution in [0.3, 0.4) is 0 Å². The van der Waals surface area contributed by atoms with Crippen LogP contribution in [0.4, 0.5) is 4.39 Å². The Bertz CT molecular complexity index is 911. The number of aryl methyl sites for hydroxylation is 1. The summed E-state index contributed by atoms with van der Waals surface area (Å²) >= 11 is 0. The molecule has 0 saturated carbocycles. The van der Waals surface area contributed by atoms with Gasteiger partial charge in [-0.2, -0.15) is 0 Å². The van der Waals surface area contributed by atoms with E-state index in [0.29, 0.717) is 19.5 Å². The van der Waals surface area contributed by atoms with Crippen molar-refractivity contribution >= 4 is 11.8 Å². The predicted molar refractivity (Wildman–Crippen MR) is 110 cm³/mol. The fourth-order valence-corrected chi connectivity index (χ4v) is 5.04. The third kappa shape index (κ3) is 3.91. The number of halogens is 1. The van der Waals surface area contributed by atoms with Crippen molar-refractivity contribution in [3.8, 4) is 0 Å². The lowest BCUT2D eigenvalue weighted by molar-refractivity contribution is -0.137. The van der Waals surface area contributed by atoms with Crippen LogP contribution in [0.5, 0.6) is 0 Å². The van der Waals surface area contributed by atoms with Crippen LogP contribution < -0.4 is 0 Å². The van der Waals surface area contributed by atoms with Gasteiger partial charge in [0.25, 0.3) is 0 Å². The molecular weight excluding hydrogens is 367 g/mol. The van der Waals surface area contributed by atoms with Crippen LogP contribution in [0.1, 0.15) is 42.4 Å². The van der Waals surface area contributed by atoms with Crippen molar-refractivity contribution in [2.24, 2.45) is 0 Å². The van der Waals surface area contributed by atoms with Gasteiger partial charge in [-0.25, -0.2) is 4.39 Å². The molecule has 0 N–H and O–H groups in total. The molecule has 2 saturated heterocycles. The Morgan fingerprint density at radius 3 is 2.55 bits per heavy atom. The van der Waals surface area contributed by atoms with E-state index in [9.17, 15) is 14.0 Å². The second-order valence-electron chi connectivity index (χ2n) is 8.28. The SMILES string of the molecule is CC(=O)N1CCC[C@@H]2[C@H]1[C@@H](c1ccc(F)cc1)CN2C(=O)Cc1cccc(C)c1. The summed E-state index contributed by atoms with van der Waals surface area (Å²) in [4.78, 5) is 29.5. The number of hydrogen-bond acceptors (Lipinski definition) is 2. The second kappa shape index (κ2) is 7.97. The van der Waals surface area contributed by atoms with E-state index in [0.717, 1.165) is 29.5 Å². The van der Waals surface area contributed by atoms with Crippen molar-refractivity contribution in [3.05, 3.63) is 71.0 Å². The van der Waals surface area contributed by atoms with E-state index in [-0.39, 0.29) is 35.6 Å². The van der Waals surface area contributed by atoms with Crippen LogP contribution in [-0.4, -0.2) is 46.8 Å². The van der Waals surface area contributed by atoms with Gasteiger partial charge >= 0.3 is 0 Å². The number of carbonyl (C=O) groups excluding carboxylic acids is 2. The van der Waals surface area contributed by atoms with E-state index in [1.165, 1.54) is 12.1 Å². The first-order valence-electron chi connectivity index (χ1n) is 10.3. The van der Waals surface area contributed by atoms with Crippen molar-refractivity contribution in [1.29, 1.82) is 0 Å². The summed E-state index contributed by atoms with van der Waals surface area (Å²) in [5, 5.41) is 0. The van der Waals surface area contributed by atoms with Crippen LogP contribution in [0, 0.1) is 12.7 Å². The molecule has 0 unspecified atom stereocenters. The highest BCUT2D eigenvalue weighted by Gasteiger charge is 2.49. The Labute approximate surface area is 171 Å². The maximum absolute atomic E-state index is 13.5. The molecule has 5 heteroatoms. The summed E-state index contributed by atoms with van der Waals surface area (Å²) in [5.74, 6) is -0.130. The fraction of sp³-hybridized carbons (Fsp3) is 0.417. The van der Waals surface area contributed by atoms with Crippen LogP contribution in [0.25, 0.3) is 0 Å². The van der Waals surface area contributed by atoms with Crippen molar-refractivity contribution in [3.63, 3.8) is 0 Å². The molecule has 2 aliphatic heterocycles. The number of carbonyl (C=O) groups is 2. The molecule has 0 radical (unpaired) electrons. The minimum atomic E-state index is -0.275. The highest BCUT2D eigenvalue weighted by atomic mass is 19.1. The average Bonchev–Trinajstić information content (AvgIpc) is 3.08. The molecule has 4 rings (SSSR count). The highest BCUT2D eigenvalue weighted by molar-refractivity contribution is 5.80. The van der Waals surface area contributed by atoms with Crippen LogP contribution in [-0.2, 0) is 16.0 Å². The van der Waals surface area contributed by atoms with Gasteiger partial charge in [0.15, 0.2) is 0 Å². The number of piperidine rings is 1. The predicted octanol–water partition coefficient (Wildman–Crippen LogP) is 3.68. The Hall–Kier alpha value is -2.69. The minimum absolute atomic E-state index is 0.00580. The number of amides is 2. The molecule has 0 bridgehead atoms. The number of benzene rings is 2. The number of likely N-dealkylation sites (tertiary alicyclic amines) is 2. The first-order chi connectivity index (χ1) is 13.9. The Balaban J connectivity index is 1.63. The number of hydrogen-bond donors (Lipinski definition) is 0. The van der Waals surface area contributed by atoms with Crippen LogP contribution >= 0.6 is 0 Å². The quantitative estimate of drug-likeness (QED) is 0.797. The average molecular weight is 394 g/mol. The number of rotatable bonds is 3. The summed E-state index contributed by atoms with van der Waals surface area (Å²) in [5.41, 5.74) is 3.13. The Kier molecular flexibility index (Phi) is 5.39. The van der Waals surface area contributed by atoms with Gasteiger partial charge in [0.2, 0.25) is 11.8 Å². The molecule has 4 nitrogen and oxygen atoms in total. The van der Waals surface area contributed by atoms with Crippen molar-refractivity contribution < 1.29 is 14.0 Å². The molecular formula is C24H27FN2O2.